The van der Waals surface area contributed by atoms with E-state index in [-0.39, 0.29) is 16.3 Å². The molecule has 0 aromatic heterocycles. The standard InChI is InChI=1S/C18H14BrF3N2O3/c19-13-8-6-11(7-9-13)14-10-17(27,18(20,21)22)24(23-14)16(26)15(25)12-4-2-1-3-5-12/h1-9,15,25,27H,10H2/t15-,17+/m0/s1. The van der Waals surface area contributed by atoms with Gasteiger partial charge in [0, 0.05) is 4.47 Å². The van der Waals surface area contributed by atoms with E-state index in [1.54, 1.807) is 18.2 Å². The summed E-state index contributed by atoms with van der Waals surface area (Å²) in [6, 6.07) is 13.7. The summed E-state index contributed by atoms with van der Waals surface area (Å²) < 4.78 is 41.4. The van der Waals surface area contributed by atoms with Crippen LogP contribution in [0.25, 0.3) is 0 Å². The van der Waals surface area contributed by atoms with Crippen LogP contribution in [0.5, 0.6) is 0 Å². The van der Waals surface area contributed by atoms with Crippen molar-refractivity contribution < 1.29 is 28.2 Å². The number of benzene rings is 2. The van der Waals surface area contributed by atoms with E-state index in [2.05, 4.69) is 21.0 Å². The molecule has 27 heavy (non-hydrogen) atoms. The molecular weight excluding hydrogens is 429 g/mol. The molecule has 9 heteroatoms. The highest BCUT2D eigenvalue weighted by Gasteiger charge is 2.63. The van der Waals surface area contributed by atoms with Gasteiger partial charge in [0.25, 0.3) is 11.6 Å². The lowest BCUT2D eigenvalue weighted by Gasteiger charge is -2.33. The lowest BCUT2D eigenvalue weighted by atomic mass is 10.0. The molecule has 0 fully saturated rings. The normalized spacial score (nSPS) is 21.1. The number of hydrazone groups is 1. The third-order valence-electron chi connectivity index (χ3n) is 4.17. The molecule has 2 aromatic rings. The number of hydrogen-bond donors (Lipinski definition) is 2. The van der Waals surface area contributed by atoms with Crippen molar-refractivity contribution in [3.63, 3.8) is 0 Å². The topological polar surface area (TPSA) is 73.1 Å². The van der Waals surface area contributed by atoms with Gasteiger partial charge in [-0.1, -0.05) is 58.4 Å². The summed E-state index contributed by atoms with van der Waals surface area (Å²) in [7, 11) is 0. The van der Waals surface area contributed by atoms with Crippen LogP contribution in [0.15, 0.2) is 64.2 Å². The molecule has 0 unspecified atom stereocenters. The molecule has 1 aliphatic rings. The highest BCUT2D eigenvalue weighted by molar-refractivity contribution is 9.10. The zero-order valence-corrected chi connectivity index (χ0v) is 15.3. The number of carbonyl (C=O) groups is 1. The third kappa shape index (κ3) is 3.62. The summed E-state index contributed by atoms with van der Waals surface area (Å²) in [5.74, 6) is -1.37. The Labute approximate surface area is 160 Å². The molecule has 1 aliphatic heterocycles. The first-order chi connectivity index (χ1) is 12.6. The van der Waals surface area contributed by atoms with Crippen LogP contribution >= 0.6 is 15.9 Å². The number of carbonyl (C=O) groups excluding carboxylic acids is 1. The summed E-state index contributed by atoms with van der Waals surface area (Å²) >= 11 is 3.22. The van der Waals surface area contributed by atoms with Crippen molar-refractivity contribution in [2.45, 2.75) is 24.4 Å². The van der Waals surface area contributed by atoms with E-state index in [4.69, 9.17) is 0 Å². The quantitative estimate of drug-likeness (QED) is 0.765. The van der Waals surface area contributed by atoms with E-state index < -0.39 is 30.3 Å². The fraction of sp³-hybridized carbons (Fsp3) is 0.222. The molecule has 3 rings (SSSR count). The second-order valence-corrected chi connectivity index (χ2v) is 6.92. The van der Waals surface area contributed by atoms with E-state index in [1.165, 1.54) is 36.4 Å². The Morgan fingerprint density at radius 1 is 1.15 bits per heavy atom. The van der Waals surface area contributed by atoms with Gasteiger partial charge in [-0.2, -0.15) is 23.3 Å². The minimum absolute atomic E-state index is 0.0674. The minimum atomic E-state index is -5.17. The van der Waals surface area contributed by atoms with Gasteiger partial charge >= 0.3 is 6.18 Å². The molecular formula is C18H14BrF3N2O3. The number of nitrogens with zero attached hydrogens (tertiary/aromatic N) is 2. The molecule has 0 aliphatic carbocycles. The molecule has 0 radical (unpaired) electrons. The molecule has 5 nitrogen and oxygen atoms in total. The minimum Gasteiger partial charge on any atom is -0.378 e. The van der Waals surface area contributed by atoms with Crippen LogP contribution in [-0.4, -0.2) is 38.7 Å². The number of halogens is 4. The predicted molar refractivity (Wildman–Crippen MR) is 94.5 cm³/mol. The van der Waals surface area contributed by atoms with E-state index in [9.17, 15) is 28.2 Å². The van der Waals surface area contributed by atoms with Gasteiger partial charge in [-0.3, -0.25) is 4.79 Å². The first-order valence-corrected chi connectivity index (χ1v) is 8.62. The smallest absolute Gasteiger partial charge is 0.378 e. The number of aliphatic hydroxyl groups excluding tert-OH is 1. The average Bonchev–Trinajstić information content (AvgIpc) is 3.00. The summed E-state index contributed by atoms with van der Waals surface area (Å²) in [5.41, 5.74) is -3.23. The molecule has 2 N–H and O–H groups in total. The van der Waals surface area contributed by atoms with Crippen LogP contribution in [-0.2, 0) is 4.79 Å². The Hall–Kier alpha value is -2.23. The van der Waals surface area contributed by atoms with Crippen LogP contribution in [0.1, 0.15) is 23.7 Å². The van der Waals surface area contributed by atoms with Crippen molar-refractivity contribution in [1.29, 1.82) is 0 Å². The second kappa shape index (κ2) is 7.06. The third-order valence-corrected chi connectivity index (χ3v) is 4.70. The predicted octanol–water partition coefficient (Wildman–Crippen LogP) is 3.37. The number of alkyl halides is 3. The summed E-state index contributed by atoms with van der Waals surface area (Å²) in [6.45, 7) is 0. The molecule has 142 valence electrons. The van der Waals surface area contributed by atoms with Crippen LogP contribution in [0.3, 0.4) is 0 Å². The highest BCUT2D eigenvalue weighted by atomic mass is 79.9. The molecule has 0 saturated heterocycles. The Bertz CT molecular complexity index is 872. The maximum atomic E-state index is 13.6. The maximum absolute atomic E-state index is 13.6. The molecule has 2 atom stereocenters. The number of aliphatic hydroxyl groups is 2. The molecule has 1 heterocycles. The number of rotatable bonds is 3. The molecule has 1 amide bonds. The van der Waals surface area contributed by atoms with Crippen LogP contribution in [0.4, 0.5) is 13.2 Å². The first kappa shape index (κ1) is 19.5. The van der Waals surface area contributed by atoms with Gasteiger partial charge in [-0.05, 0) is 23.3 Å². The lowest BCUT2D eigenvalue weighted by molar-refractivity contribution is -0.303. The average molecular weight is 443 g/mol. The summed E-state index contributed by atoms with van der Waals surface area (Å²) in [5, 5.41) is 24.1. The van der Waals surface area contributed by atoms with Crippen molar-refractivity contribution in [2.24, 2.45) is 5.10 Å². The Morgan fingerprint density at radius 2 is 1.74 bits per heavy atom. The van der Waals surface area contributed by atoms with Gasteiger partial charge in [0.1, 0.15) is 0 Å². The van der Waals surface area contributed by atoms with E-state index in [0.29, 0.717) is 10.0 Å². The molecule has 0 bridgehead atoms. The summed E-state index contributed by atoms with van der Waals surface area (Å²) in [4.78, 5) is 12.5. The van der Waals surface area contributed by atoms with E-state index in [1.807, 2.05) is 0 Å². The van der Waals surface area contributed by atoms with Gasteiger partial charge in [-0.15, -0.1) is 0 Å². The first-order valence-electron chi connectivity index (χ1n) is 7.83. The van der Waals surface area contributed by atoms with Gasteiger partial charge in [0.15, 0.2) is 6.10 Å². The Balaban J connectivity index is 2.00. The fourth-order valence-electron chi connectivity index (χ4n) is 2.69. The number of amides is 1. The monoisotopic (exact) mass is 442 g/mol. The van der Waals surface area contributed by atoms with Crippen LogP contribution < -0.4 is 0 Å². The van der Waals surface area contributed by atoms with Crippen molar-refractivity contribution >= 4 is 27.5 Å². The largest absolute Gasteiger partial charge is 0.438 e. The van der Waals surface area contributed by atoms with Crippen molar-refractivity contribution in [3.8, 4) is 0 Å². The zero-order valence-electron chi connectivity index (χ0n) is 13.7. The number of hydrogen-bond acceptors (Lipinski definition) is 4. The van der Waals surface area contributed by atoms with Gasteiger partial charge in [0.05, 0.1) is 12.1 Å². The van der Waals surface area contributed by atoms with Gasteiger partial charge in [-0.25, -0.2) is 0 Å². The zero-order chi connectivity index (χ0) is 19.8. The molecule has 0 spiro atoms. The summed E-state index contributed by atoms with van der Waals surface area (Å²) in [6.07, 6.45) is -8.00. The van der Waals surface area contributed by atoms with E-state index in [0.717, 1.165) is 0 Å². The van der Waals surface area contributed by atoms with Crippen molar-refractivity contribution in [3.05, 3.63) is 70.2 Å². The van der Waals surface area contributed by atoms with Crippen LogP contribution in [0.2, 0.25) is 0 Å². The van der Waals surface area contributed by atoms with Crippen molar-refractivity contribution in [2.75, 3.05) is 0 Å². The van der Waals surface area contributed by atoms with Crippen LogP contribution in [0, 0.1) is 0 Å². The maximum Gasteiger partial charge on any atom is 0.438 e. The second-order valence-electron chi connectivity index (χ2n) is 6.01. The highest BCUT2D eigenvalue weighted by Crippen LogP contribution is 2.42. The van der Waals surface area contributed by atoms with Gasteiger partial charge < -0.3 is 10.2 Å². The molecule has 2 aromatic carbocycles. The Kier molecular flexibility index (Phi) is 5.11. The SMILES string of the molecule is O=C([C@@H](O)c1ccccc1)N1N=C(c2ccc(Br)cc2)C[C@@]1(O)C(F)(F)F. The van der Waals surface area contributed by atoms with Gasteiger partial charge in [0.2, 0.25) is 0 Å². The Morgan fingerprint density at radius 3 is 2.30 bits per heavy atom. The fourth-order valence-corrected chi connectivity index (χ4v) is 2.96. The van der Waals surface area contributed by atoms with E-state index >= 15 is 0 Å². The lowest BCUT2D eigenvalue weighted by Crippen LogP contribution is -2.57. The van der Waals surface area contributed by atoms with Crippen molar-refractivity contribution in [1.82, 2.24) is 5.01 Å². The molecule has 0 saturated carbocycles.